The molecule has 176 valence electrons. The first-order chi connectivity index (χ1) is 16.5. The third-order valence-electron chi connectivity index (χ3n) is 6.80. The third kappa shape index (κ3) is 5.54. The highest BCUT2D eigenvalue weighted by atomic mass is 16.4. The Bertz CT molecular complexity index is 1030. The number of likely N-dealkylation sites (N-methyl/N-ethyl adjacent to an activating group) is 1. The number of likely N-dealkylation sites (tertiary alicyclic amines) is 1. The highest BCUT2D eigenvalue weighted by Gasteiger charge is 2.43. The minimum atomic E-state index is -0.937. The quantitative estimate of drug-likeness (QED) is 0.517. The molecule has 0 aromatic heterocycles. The number of nitrogens with zero attached hydrogens (tertiary/aromatic N) is 2. The Morgan fingerprint density at radius 2 is 1.44 bits per heavy atom. The van der Waals surface area contributed by atoms with Crippen molar-refractivity contribution < 1.29 is 14.7 Å². The molecule has 5 heteroatoms. The van der Waals surface area contributed by atoms with Crippen molar-refractivity contribution in [1.82, 2.24) is 9.80 Å². The summed E-state index contributed by atoms with van der Waals surface area (Å²) in [7, 11) is 2.04. The molecule has 1 fully saturated rings. The maximum atomic E-state index is 13.9. The summed E-state index contributed by atoms with van der Waals surface area (Å²) in [4.78, 5) is 29.8. The molecule has 0 bridgehead atoms. The second-order valence-electron chi connectivity index (χ2n) is 9.06. The fourth-order valence-electron chi connectivity index (χ4n) is 4.91. The molecule has 1 amide bonds. The molecule has 2 atom stereocenters. The van der Waals surface area contributed by atoms with Gasteiger partial charge in [-0.1, -0.05) is 91.0 Å². The summed E-state index contributed by atoms with van der Waals surface area (Å²) in [5.41, 5.74) is 3.06. The average Bonchev–Trinajstić information content (AvgIpc) is 3.32. The monoisotopic (exact) mass is 456 g/mol. The van der Waals surface area contributed by atoms with Crippen LogP contribution in [0.3, 0.4) is 0 Å². The first kappa shape index (κ1) is 23.7. The van der Waals surface area contributed by atoms with Crippen molar-refractivity contribution in [1.29, 1.82) is 0 Å². The number of aliphatic carboxylic acids is 1. The van der Waals surface area contributed by atoms with Crippen LogP contribution >= 0.6 is 0 Å². The summed E-state index contributed by atoms with van der Waals surface area (Å²) < 4.78 is 0. The van der Waals surface area contributed by atoms with Crippen LogP contribution in [-0.2, 0) is 16.0 Å². The zero-order chi connectivity index (χ0) is 23.9. The van der Waals surface area contributed by atoms with Crippen LogP contribution in [0.1, 0.15) is 35.4 Å². The Morgan fingerprint density at radius 1 is 0.912 bits per heavy atom. The molecule has 2 unspecified atom stereocenters. The van der Waals surface area contributed by atoms with Gasteiger partial charge in [0.25, 0.3) is 0 Å². The summed E-state index contributed by atoms with van der Waals surface area (Å²) in [5, 5.41) is 9.97. The summed E-state index contributed by atoms with van der Waals surface area (Å²) in [6, 6.07) is 28.8. The van der Waals surface area contributed by atoms with Crippen molar-refractivity contribution in [3.05, 3.63) is 108 Å². The Morgan fingerprint density at radius 3 is 1.97 bits per heavy atom. The van der Waals surface area contributed by atoms with Crippen molar-refractivity contribution in [2.24, 2.45) is 0 Å². The number of hydrogen-bond acceptors (Lipinski definition) is 3. The number of carboxylic acids is 1. The summed E-state index contributed by atoms with van der Waals surface area (Å²) >= 11 is 0. The molecule has 5 nitrogen and oxygen atoms in total. The van der Waals surface area contributed by atoms with Gasteiger partial charge in [-0.3, -0.25) is 4.79 Å². The van der Waals surface area contributed by atoms with E-state index in [1.54, 1.807) is 4.90 Å². The zero-order valence-electron chi connectivity index (χ0n) is 19.6. The normalized spacial score (nSPS) is 17.9. The van der Waals surface area contributed by atoms with Crippen LogP contribution in [0.2, 0.25) is 0 Å². The molecular formula is C29H32N2O3. The van der Waals surface area contributed by atoms with Crippen molar-refractivity contribution in [3.8, 4) is 0 Å². The number of carbonyl (C=O) groups excluding carboxylic acids is 1. The second-order valence-corrected chi connectivity index (χ2v) is 9.06. The van der Waals surface area contributed by atoms with Crippen LogP contribution in [0.15, 0.2) is 91.0 Å². The van der Waals surface area contributed by atoms with E-state index >= 15 is 0 Å². The molecule has 0 spiro atoms. The number of benzene rings is 3. The standard InChI is InChI=1S/C29H32N2O3/c1-30(19-11-14-22-12-5-2-6-13-22)25-20-26(29(33)34)31(21-25)28(32)27(23-15-7-3-8-16-23)24-17-9-4-10-18-24/h2-10,12-13,15-18,25-27H,11,14,19-21H2,1H3,(H,33,34). The molecule has 3 aromatic carbocycles. The lowest BCUT2D eigenvalue weighted by Crippen LogP contribution is -2.43. The van der Waals surface area contributed by atoms with E-state index in [4.69, 9.17) is 0 Å². The molecule has 0 radical (unpaired) electrons. The Balaban J connectivity index is 1.49. The summed E-state index contributed by atoms with van der Waals surface area (Å²) in [6.45, 7) is 1.28. The summed E-state index contributed by atoms with van der Waals surface area (Å²) in [5.74, 6) is -1.61. The largest absolute Gasteiger partial charge is 0.480 e. The van der Waals surface area contributed by atoms with E-state index in [9.17, 15) is 14.7 Å². The van der Waals surface area contributed by atoms with Gasteiger partial charge in [0, 0.05) is 12.6 Å². The van der Waals surface area contributed by atoms with Crippen molar-refractivity contribution >= 4 is 11.9 Å². The lowest BCUT2D eigenvalue weighted by atomic mass is 9.90. The van der Waals surface area contributed by atoms with E-state index in [1.807, 2.05) is 85.9 Å². The Hall–Kier alpha value is -3.44. The molecular weight excluding hydrogens is 424 g/mol. The first-order valence-corrected chi connectivity index (χ1v) is 11.9. The van der Waals surface area contributed by atoms with Gasteiger partial charge >= 0.3 is 5.97 Å². The second kappa shape index (κ2) is 11.1. The van der Waals surface area contributed by atoms with Gasteiger partial charge in [0.05, 0.1) is 5.92 Å². The molecule has 4 rings (SSSR count). The topological polar surface area (TPSA) is 60.9 Å². The van der Waals surface area contributed by atoms with Crippen molar-refractivity contribution in [2.45, 2.75) is 37.3 Å². The molecule has 3 aromatic rings. The third-order valence-corrected chi connectivity index (χ3v) is 6.80. The Labute approximate surface area is 201 Å². The van der Waals surface area contributed by atoms with Crippen LogP contribution < -0.4 is 0 Å². The van der Waals surface area contributed by atoms with Crippen LogP contribution in [0.4, 0.5) is 0 Å². The highest BCUT2D eigenvalue weighted by molar-refractivity contribution is 5.91. The molecule has 1 N–H and O–H groups in total. The van der Waals surface area contributed by atoms with Crippen LogP contribution in [0.5, 0.6) is 0 Å². The fraction of sp³-hybridized carbons (Fsp3) is 0.310. The highest BCUT2D eigenvalue weighted by Crippen LogP contribution is 2.31. The number of amides is 1. The van der Waals surface area contributed by atoms with Gasteiger partial charge in [0.1, 0.15) is 6.04 Å². The molecule has 0 saturated carbocycles. The maximum Gasteiger partial charge on any atom is 0.326 e. The lowest BCUT2D eigenvalue weighted by Gasteiger charge is -2.28. The Kier molecular flexibility index (Phi) is 7.76. The molecule has 1 heterocycles. The van der Waals surface area contributed by atoms with Crippen molar-refractivity contribution in [3.63, 3.8) is 0 Å². The lowest BCUT2D eigenvalue weighted by molar-refractivity contribution is -0.148. The van der Waals surface area contributed by atoms with Gasteiger partial charge in [-0.05, 0) is 49.5 Å². The average molecular weight is 457 g/mol. The van der Waals surface area contributed by atoms with Gasteiger partial charge in [0.2, 0.25) is 5.91 Å². The fourth-order valence-corrected chi connectivity index (χ4v) is 4.91. The smallest absolute Gasteiger partial charge is 0.326 e. The van der Waals surface area contributed by atoms with Crippen molar-refractivity contribution in [2.75, 3.05) is 20.1 Å². The number of hydrogen-bond donors (Lipinski definition) is 1. The first-order valence-electron chi connectivity index (χ1n) is 11.9. The minimum Gasteiger partial charge on any atom is -0.480 e. The van der Waals surface area contributed by atoms with E-state index in [0.29, 0.717) is 13.0 Å². The van der Waals surface area contributed by atoms with Gasteiger partial charge < -0.3 is 14.9 Å². The molecule has 0 aliphatic carbocycles. The number of aryl methyl sites for hydroxylation is 1. The van der Waals surface area contributed by atoms with Gasteiger partial charge in [-0.15, -0.1) is 0 Å². The predicted molar refractivity (Wildman–Crippen MR) is 134 cm³/mol. The van der Waals surface area contributed by atoms with Gasteiger partial charge in [-0.2, -0.15) is 0 Å². The maximum absolute atomic E-state index is 13.9. The van der Waals surface area contributed by atoms with E-state index in [-0.39, 0.29) is 11.9 Å². The van der Waals surface area contributed by atoms with Crippen LogP contribution in [0.25, 0.3) is 0 Å². The molecule has 1 saturated heterocycles. The SMILES string of the molecule is CN(CCCc1ccccc1)C1CC(C(=O)O)N(C(=O)C(c2ccccc2)c2ccccc2)C1. The molecule has 1 aliphatic rings. The van der Waals surface area contributed by atoms with E-state index in [1.165, 1.54) is 5.56 Å². The number of carboxylic acid groups (broad SMARTS) is 1. The van der Waals surface area contributed by atoms with Crippen LogP contribution in [0, 0.1) is 0 Å². The summed E-state index contributed by atoms with van der Waals surface area (Å²) in [6.07, 6.45) is 2.41. The van der Waals surface area contributed by atoms with Gasteiger partial charge in [-0.25, -0.2) is 4.79 Å². The number of rotatable bonds is 9. The van der Waals surface area contributed by atoms with Gasteiger partial charge in [0.15, 0.2) is 0 Å². The van der Waals surface area contributed by atoms with Crippen LogP contribution in [-0.4, -0.2) is 59.0 Å². The zero-order valence-corrected chi connectivity index (χ0v) is 19.6. The minimum absolute atomic E-state index is 0.0213. The molecule has 1 aliphatic heterocycles. The van der Waals surface area contributed by atoms with E-state index in [2.05, 4.69) is 17.0 Å². The van der Waals surface area contributed by atoms with E-state index < -0.39 is 17.9 Å². The van der Waals surface area contributed by atoms with E-state index in [0.717, 1.165) is 30.5 Å². The molecule has 34 heavy (non-hydrogen) atoms. The predicted octanol–water partition coefficient (Wildman–Crippen LogP) is 4.44. The number of carbonyl (C=O) groups is 2.